The Morgan fingerprint density at radius 1 is 0.903 bits per heavy atom. The number of morpholine rings is 1. The fraction of sp³-hybridized carbons (Fsp3) is 0.708. The quantitative estimate of drug-likeness (QED) is 0.334. The van der Waals surface area contributed by atoms with Crippen LogP contribution in [0.15, 0.2) is 29.3 Å². The summed E-state index contributed by atoms with van der Waals surface area (Å²) >= 11 is 0. The molecule has 3 rings (SSSR count). The second-order valence-electron chi connectivity index (χ2n) is 8.41. The number of hydrogen-bond donors (Lipinski definition) is 2. The number of nitrogens with zero attached hydrogens (tertiary/aromatic N) is 4. The van der Waals surface area contributed by atoms with Gasteiger partial charge in [-0.3, -0.25) is 9.80 Å². The van der Waals surface area contributed by atoms with Gasteiger partial charge in [-0.15, -0.1) is 0 Å². The van der Waals surface area contributed by atoms with E-state index in [0.29, 0.717) is 6.54 Å². The molecular weight excluding hydrogens is 388 g/mol. The molecule has 2 fully saturated rings. The first-order chi connectivity index (χ1) is 15.3. The van der Waals surface area contributed by atoms with Gasteiger partial charge in [0.25, 0.3) is 0 Å². The number of piperazine rings is 1. The van der Waals surface area contributed by atoms with Crippen LogP contribution in [0.2, 0.25) is 0 Å². The maximum Gasteiger partial charge on any atom is 0.191 e. The number of benzene rings is 1. The highest BCUT2D eigenvalue weighted by Gasteiger charge is 2.16. The van der Waals surface area contributed by atoms with Gasteiger partial charge in [-0.25, -0.2) is 4.99 Å². The number of hydrogen-bond acceptors (Lipinski definition) is 5. The number of nitrogens with one attached hydrogen (secondary N) is 2. The summed E-state index contributed by atoms with van der Waals surface area (Å²) in [5.74, 6) is 0.913. The van der Waals surface area contributed by atoms with Crippen molar-refractivity contribution in [2.24, 2.45) is 4.99 Å². The highest BCUT2D eigenvalue weighted by molar-refractivity contribution is 5.79. The maximum atomic E-state index is 5.43. The average molecular weight is 431 g/mol. The summed E-state index contributed by atoms with van der Waals surface area (Å²) in [6.45, 7) is 18.7. The summed E-state index contributed by atoms with van der Waals surface area (Å²) in [6.07, 6.45) is 1.12. The molecule has 174 valence electrons. The second-order valence-corrected chi connectivity index (χ2v) is 8.41. The molecule has 0 spiro atoms. The summed E-state index contributed by atoms with van der Waals surface area (Å²) in [5.41, 5.74) is 2.73. The number of aliphatic imine (C=N–C) groups is 1. The Kier molecular flexibility index (Phi) is 10.6. The first-order valence-electron chi connectivity index (χ1n) is 12.1. The number of likely N-dealkylation sites (N-methyl/N-ethyl adjacent to an activating group) is 1. The lowest BCUT2D eigenvalue weighted by Gasteiger charge is -2.34. The molecule has 0 radical (unpaired) electrons. The molecule has 2 N–H and O–H groups in total. The fourth-order valence-electron chi connectivity index (χ4n) is 4.21. The molecule has 31 heavy (non-hydrogen) atoms. The van der Waals surface area contributed by atoms with E-state index in [1.54, 1.807) is 0 Å². The topological polar surface area (TPSA) is 55.4 Å². The normalized spacial score (nSPS) is 19.5. The lowest BCUT2D eigenvalue weighted by atomic mass is 10.1. The van der Waals surface area contributed by atoms with Gasteiger partial charge in [-0.05, 0) is 37.6 Å². The molecule has 0 saturated carbocycles. The SMILES string of the molecule is CCNC(=NCc1ccccc1CN1CCN(CC)CC1)NCCCN1CCOCC1. The lowest BCUT2D eigenvalue weighted by Crippen LogP contribution is -2.45. The van der Waals surface area contributed by atoms with Crippen molar-refractivity contribution in [3.63, 3.8) is 0 Å². The average Bonchev–Trinajstić information content (AvgIpc) is 2.82. The van der Waals surface area contributed by atoms with E-state index in [4.69, 9.17) is 9.73 Å². The zero-order chi connectivity index (χ0) is 21.7. The van der Waals surface area contributed by atoms with Crippen molar-refractivity contribution in [1.29, 1.82) is 0 Å². The summed E-state index contributed by atoms with van der Waals surface area (Å²) in [6, 6.07) is 8.77. The number of guanidine groups is 1. The zero-order valence-corrected chi connectivity index (χ0v) is 19.6. The largest absolute Gasteiger partial charge is 0.379 e. The van der Waals surface area contributed by atoms with Gasteiger partial charge in [-0.1, -0.05) is 31.2 Å². The molecule has 0 atom stereocenters. The molecule has 2 aliphatic rings. The Morgan fingerprint density at radius 3 is 2.32 bits per heavy atom. The molecule has 2 heterocycles. The van der Waals surface area contributed by atoms with Crippen LogP contribution in [-0.2, 0) is 17.8 Å². The predicted octanol–water partition coefficient (Wildman–Crippen LogP) is 1.60. The molecule has 0 bridgehead atoms. The van der Waals surface area contributed by atoms with Gasteiger partial charge >= 0.3 is 0 Å². The third kappa shape index (κ3) is 8.41. The third-order valence-corrected chi connectivity index (χ3v) is 6.22. The van der Waals surface area contributed by atoms with Crippen LogP contribution in [0.5, 0.6) is 0 Å². The van der Waals surface area contributed by atoms with Gasteiger partial charge < -0.3 is 20.3 Å². The first-order valence-corrected chi connectivity index (χ1v) is 12.1. The van der Waals surface area contributed by atoms with Crippen LogP contribution in [0.1, 0.15) is 31.4 Å². The summed E-state index contributed by atoms with van der Waals surface area (Å²) in [5, 5.41) is 6.90. The highest BCUT2D eigenvalue weighted by atomic mass is 16.5. The number of ether oxygens (including phenoxy) is 1. The Bertz CT molecular complexity index is 653. The van der Waals surface area contributed by atoms with E-state index in [2.05, 4.69) is 63.4 Å². The Labute approximate surface area is 188 Å². The van der Waals surface area contributed by atoms with E-state index in [1.165, 1.54) is 24.2 Å². The lowest BCUT2D eigenvalue weighted by molar-refractivity contribution is 0.0376. The van der Waals surface area contributed by atoms with Gasteiger partial charge in [-0.2, -0.15) is 0 Å². The van der Waals surface area contributed by atoms with E-state index >= 15 is 0 Å². The van der Waals surface area contributed by atoms with Crippen LogP contribution in [0.25, 0.3) is 0 Å². The standard InChI is InChI=1S/C24H42N6O/c1-3-25-24(26-10-7-11-29-16-18-31-19-17-29)27-20-22-8-5-6-9-23(22)21-30-14-12-28(4-2)13-15-30/h5-6,8-9H,3-4,7,10-21H2,1-2H3,(H2,25,26,27). The molecule has 2 saturated heterocycles. The molecule has 0 aromatic heterocycles. The monoisotopic (exact) mass is 430 g/mol. The zero-order valence-electron chi connectivity index (χ0n) is 19.6. The minimum Gasteiger partial charge on any atom is -0.379 e. The predicted molar refractivity (Wildman–Crippen MR) is 129 cm³/mol. The van der Waals surface area contributed by atoms with E-state index in [0.717, 1.165) is 84.5 Å². The summed E-state index contributed by atoms with van der Waals surface area (Å²) in [7, 11) is 0. The van der Waals surface area contributed by atoms with E-state index in [1.807, 2.05) is 0 Å². The minimum absolute atomic E-state index is 0.712. The van der Waals surface area contributed by atoms with E-state index in [9.17, 15) is 0 Å². The molecule has 7 heteroatoms. The van der Waals surface area contributed by atoms with Gasteiger partial charge in [0.15, 0.2) is 5.96 Å². The van der Waals surface area contributed by atoms with Crippen molar-refractivity contribution in [3.05, 3.63) is 35.4 Å². The summed E-state index contributed by atoms with van der Waals surface area (Å²) in [4.78, 5) is 12.5. The van der Waals surface area contributed by atoms with Crippen molar-refractivity contribution in [2.75, 3.05) is 78.7 Å². The number of rotatable bonds is 10. The van der Waals surface area contributed by atoms with Crippen LogP contribution in [0.4, 0.5) is 0 Å². The van der Waals surface area contributed by atoms with Gasteiger partial charge in [0.2, 0.25) is 0 Å². The second kappa shape index (κ2) is 13.7. The molecule has 2 aliphatic heterocycles. The molecule has 0 aliphatic carbocycles. The Balaban J connectivity index is 1.48. The van der Waals surface area contributed by atoms with E-state index in [-0.39, 0.29) is 0 Å². The van der Waals surface area contributed by atoms with Gasteiger partial charge in [0.1, 0.15) is 0 Å². The van der Waals surface area contributed by atoms with Crippen LogP contribution < -0.4 is 10.6 Å². The van der Waals surface area contributed by atoms with Crippen LogP contribution >= 0.6 is 0 Å². The maximum absolute atomic E-state index is 5.43. The van der Waals surface area contributed by atoms with Crippen molar-refractivity contribution < 1.29 is 4.74 Å². The Hall–Kier alpha value is -1.67. The van der Waals surface area contributed by atoms with Gasteiger partial charge in [0.05, 0.1) is 19.8 Å². The van der Waals surface area contributed by atoms with Crippen molar-refractivity contribution >= 4 is 5.96 Å². The van der Waals surface area contributed by atoms with Crippen molar-refractivity contribution in [1.82, 2.24) is 25.3 Å². The fourth-order valence-corrected chi connectivity index (χ4v) is 4.21. The summed E-state index contributed by atoms with van der Waals surface area (Å²) < 4.78 is 5.43. The first kappa shape index (κ1) is 24.0. The van der Waals surface area contributed by atoms with Gasteiger partial charge in [0, 0.05) is 58.9 Å². The van der Waals surface area contributed by atoms with Crippen molar-refractivity contribution in [3.8, 4) is 0 Å². The minimum atomic E-state index is 0.712. The Morgan fingerprint density at radius 2 is 1.61 bits per heavy atom. The highest BCUT2D eigenvalue weighted by Crippen LogP contribution is 2.14. The molecular formula is C24H42N6O. The van der Waals surface area contributed by atoms with Crippen LogP contribution in [-0.4, -0.2) is 99.3 Å². The van der Waals surface area contributed by atoms with Crippen LogP contribution in [0.3, 0.4) is 0 Å². The smallest absolute Gasteiger partial charge is 0.191 e. The molecule has 7 nitrogen and oxygen atoms in total. The van der Waals surface area contributed by atoms with Crippen molar-refractivity contribution in [2.45, 2.75) is 33.4 Å². The molecule has 0 amide bonds. The van der Waals surface area contributed by atoms with E-state index < -0.39 is 0 Å². The van der Waals surface area contributed by atoms with Crippen LogP contribution in [0, 0.1) is 0 Å². The molecule has 1 aromatic carbocycles. The molecule has 1 aromatic rings. The third-order valence-electron chi connectivity index (χ3n) is 6.22. The molecule has 0 unspecified atom stereocenters.